The van der Waals surface area contributed by atoms with Crippen LogP contribution in [0.25, 0.3) is 10.2 Å². The summed E-state index contributed by atoms with van der Waals surface area (Å²) in [4.78, 5) is 19.7. The van der Waals surface area contributed by atoms with Gasteiger partial charge in [0, 0.05) is 0 Å². The summed E-state index contributed by atoms with van der Waals surface area (Å²) in [5, 5.41) is 0.671. The zero-order valence-electron chi connectivity index (χ0n) is 15.7. The third kappa shape index (κ3) is 4.16. The van der Waals surface area contributed by atoms with Crippen molar-refractivity contribution < 1.29 is 9.18 Å². The lowest BCUT2D eigenvalue weighted by atomic mass is 10.1. The van der Waals surface area contributed by atoms with Crippen LogP contribution < -0.4 is 4.90 Å². The summed E-state index contributed by atoms with van der Waals surface area (Å²) in [5.74, 6) is -0.790. The quantitative estimate of drug-likeness (QED) is 0.366. The van der Waals surface area contributed by atoms with Gasteiger partial charge in [0.15, 0.2) is 5.13 Å². The van der Waals surface area contributed by atoms with Gasteiger partial charge in [0.25, 0.3) is 5.91 Å². The SMILES string of the molecule is CCc1ccc2nc(N(Cc3ccccc3)C(=O)c3ccc(F)cc3Cl)sc2c1. The fraction of sp³-hybridized carbons (Fsp3) is 0.130. The second-order valence-corrected chi connectivity index (χ2v) is 8.07. The molecule has 0 radical (unpaired) electrons. The Bertz CT molecular complexity index is 1180. The first-order valence-electron chi connectivity index (χ1n) is 9.25. The van der Waals surface area contributed by atoms with Crippen molar-refractivity contribution in [3.8, 4) is 0 Å². The second kappa shape index (κ2) is 8.31. The highest BCUT2D eigenvalue weighted by molar-refractivity contribution is 7.22. The molecule has 1 aromatic heterocycles. The van der Waals surface area contributed by atoms with Crippen LogP contribution in [0, 0.1) is 5.82 Å². The number of nitrogens with zero attached hydrogens (tertiary/aromatic N) is 2. The first-order chi connectivity index (χ1) is 14.0. The highest BCUT2D eigenvalue weighted by Gasteiger charge is 2.24. The molecule has 0 aliphatic heterocycles. The van der Waals surface area contributed by atoms with E-state index in [2.05, 4.69) is 18.0 Å². The number of aryl methyl sites for hydroxylation is 1. The molecule has 0 bridgehead atoms. The van der Waals surface area contributed by atoms with Crippen LogP contribution in [0.1, 0.15) is 28.4 Å². The van der Waals surface area contributed by atoms with Crippen molar-refractivity contribution in [2.45, 2.75) is 19.9 Å². The number of amides is 1. The van der Waals surface area contributed by atoms with Gasteiger partial charge in [0.2, 0.25) is 0 Å². The lowest BCUT2D eigenvalue weighted by Crippen LogP contribution is -2.30. The maximum absolute atomic E-state index is 13.5. The van der Waals surface area contributed by atoms with Crippen molar-refractivity contribution in [1.29, 1.82) is 0 Å². The molecule has 0 fully saturated rings. The molecular formula is C23H18ClFN2OS. The highest BCUT2D eigenvalue weighted by atomic mass is 35.5. The lowest BCUT2D eigenvalue weighted by molar-refractivity contribution is 0.0985. The molecule has 0 unspecified atom stereocenters. The van der Waals surface area contributed by atoms with Crippen LogP contribution in [0.4, 0.5) is 9.52 Å². The van der Waals surface area contributed by atoms with Gasteiger partial charge in [-0.25, -0.2) is 9.37 Å². The molecule has 0 aliphatic carbocycles. The molecule has 3 aromatic carbocycles. The Morgan fingerprint density at radius 2 is 1.86 bits per heavy atom. The molecule has 0 atom stereocenters. The fourth-order valence-electron chi connectivity index (χ4n) is 3.09. The van der Waals surface area contributed by atoms with Crippen LogP contribution in [0.5, 0.6) is 0 Å². The predicted molar refractivity (Wildman–Crippen MR) is 117 cm³/mol. The molecule has 4 aromatic rings. The van der Waals surface area contributed by atoms with Gasteiger partial charge in [-0.05, 0) is 47.9 Å². The third-order valence-corrected chi connectivity index (χ3v) is 6.02. The standard InChI is InChI=1S/C23H18ClFN2OS/c1-2-15-8-11-20-21(12-15)29-23(26-20)27(14-16-6-4-3-5-7-16)22(28)18-10-9-17(25)13-19(18)24/h3-13H,2,14H2,1H3. The van der Waals surface area contributed by atoms with E-state index in [9.17, 15) is 9.18 Å². The van der Waals surface area contributed by atoms with Gasteiger partial charge in [-0.3, -0.25) is 9.69 Å². The number of aromatic nitrogens is 1. The Balaban J connectivity index is 1.78. The Labute approximate surface area is 177 Å². The van der Waals surface area contributed by atoms with E-state index in [1.807, 2.05) is 42.5 Å². The average Bonchev–Trinajstić information content (AvgIpc) is 3.15. The molecule has 3 nitrogen and oxygen atoms in total. The number of hydrogen-bond donors (Lipinski definition) is 0. The van der Waals surface area contributed by atoms with E-state index in [1.54, 1.807) is 4.90 Å². The third-order valence-electron chi connectivity index (χ3n) is 4.67. The average molecular weight is 425 g/mol. The molecule has 0 saturated heterocycles. The van der Waals surface area contributed by atoms with Crippen molar-refractivity contribution in [3.05, 3.63) is 94.3 Å². The molecule has 146 valence electrons. The molecule has 0 spiro atoms. The summed E-state index contributed by atoms with van der Waals surface area (Å²) in [7, 11) is 0. The second-order valence-electron chi connectivity index (χ2n) is 6.65. The lowest BCUT2D eigenvalue weighted by Gasteiger charge is -2.20. The fourth-order valence-corrected chi connectivity index (χ4v) is 4.37. The zero-order chi connectivity index (χ0) is 20.4. The van der Waals surface area contributed by atoms with Crippen molar-refractivity contribution in [3.63, 3.8) is 0 Å². The minimum atomic E-state index is -0.478. The molecule has 1 heterocycles. The molecular weight excluding hydrogens is 407 g/mol. The first kappa shape index (κ1) is 19.6. The van der Waals surface area contributed by atoms with E-state index >= 15 is 0 Å². The summed E-state index contributed by atoms with van der Waals surface area (Å²) < 4.78 is 14.5. The number of carbonyl (C=O) groups is 1. The van der Waals surface area contributed by atoms with Crippen LogP contribution in [0.15, 0.2) is 66.7 Å². The minimum absolute atomic E-state index is 0.0856. The van der Waals surface area contributed by atoms with Crippen LogP contribution in [0.3, 0.4) is 0 Å². The van der Waals surface area contributed by atoms with Crippen molar-refractivity contribution in [2.24, 2.45) is 0 Å². The van der Waals surface area contributed by atoms with Crippen LogP contribution in [-0.2, 0) is 13.0 Å². The van der Waals surface area contributed by atoms with Crippen LogP contribution in [-0.4, -0.2) is 10.9 Å². The van der Waals surface area contributed by atoms with E-state index in [1.165, 1.54) is 29.0 Å². The van der Waals surface area contributed by atoms with Gasteiger partial charge in [-0.2, -0.15) is 0 Å². The molecule has 29 heavy (non-hydrogen) atoms. The number of fused-ring (bicyclic) bond motifs is 1. The maximum atomic E-state index is 13.5. The first-order valence-corrected chi connectivity index (χ1v) is 10.4. The molecule has 0 aliphatic rings. The predicted octanol–water partition coefficient (Wildman–Crippen LogP) is 6.50. The monoisotopic (exact) mass is 424 g/mol. The van der Waals surface area contributed by atoms with Crippen molar-refractivity contribution in [1.82, 2.24) is 4.98 Å². The number of hydrogen-bond acceptors (Lipinski definition) is 3. The summed E-state index contributed by atoms with van der Waals surface area (Å²) in [6.07, 6.45) is 0.932. The van der Waals surface area contributed by atoms with E-state index in [-0.39, 0.29) is 16.5 Å². The van der Waals surface area contributed by atoms with Crippen LogP contribution in [0.2, 0.25) is 5.02 Å². The minimum Gasteiger partial charge on any atom is -0.279 e. The Hall–Kier alpha value is -2.76. The van der Waals surface area contributed by atoms with Crippen molar-refractivity contribution >= 4 is 44.2 Å². The summed E-state index contributed by atoms with van der Waals surface area (Å²) in [6.45, 7) is 2.44. The van der Waals surface area contributed by atoms with Gasteiger partial charge in [0.1, 0.15) is 5.82 Å². The molecule has 4 rings (SSSR count). The maximum Gasteiger partial charge on any atom is 0.261 e. The van der Waals surface area contributed by atoms with E-state index in [0.717, 1.165) is 28.3 Å². The largest absolute Gasteiger partial charge is 0.279 e. The molecule has 1 amide bonds. The molecule has 6 heteroatoms. The number of thiazole rings is 1. The highest BCUT2D eigenvalue weighted by Crippen LogP contribution is 2.32. The Morgan fingerprint density at radius 1 is 1.07 bits per heavy atom. The van der Waals surface area contributed by atoms with Gasteiger partial charge in [-0.15, -0.1) is 0 Å². The van der Waals surface area contributed by atoms with Crippen molar-refractivity contribution in [2.75, 3.05) is 4.90 Å². The Morgan fingerprint density at radius 3 is 2.59 bits per heavy atom. The summed E-state index contributed by atoms with van der Waals surface area (Å²) in [5.41, 5.74) is 3.28. The topological polar surface area (TPSA) is 33.2 Å². The normalized spacial score (nSPS) is 11.0. The van der Waals surface area contributed by atoms with E-state index in [0.29, 0.717) is 11.7 Å². The summed E-state index contributed by atoms with van der Waals surface area (Å²) >= 11 is 7.64. The summed E-state index contributed by atoms with van der Waals surface area (Å²) in [6, 6.07) is 19.6. The van der Waals surface area contributed by atoms with Gasteiger partial charge < -0.3 is 0 Å². The molecule has 0 saturated carbocycles. The van der Waals surface area contributed by atoms with E-state index in [4.69, 9.17) is 11.6 Å². The number of anilines is 1. The zero-order valence-corrected chi connectivity index (χ0v) is 17.3. The number of rotatable bonds is 5. The van der Waals surface area contributed by atoms with Crippen LogP contribution >= 0.6 is 22.9 Å². The van der Waals surface area contributed by atoms with Gasteiger partial charge in [-0.1, -0.05) is 66.3 Å². The number of halogens is 2. The smallest absolute Gasteiger partial charge is 0.261 e. The van der Waals surface area contributed by atoms with Gasteiger partial charge >= 0.3 is 0 Å². The molecule has 0 N–H and O–H groups in total. The number of benzene rings is 3. The Kier molecular flexibility index (Phi) is 5.60. The van der Waals surface area contributed by atoms with Gasteiger partial charge in [0.05, 0.1) is 27.3 Å². The number of carbonyl (C=O) groups excluding carboxylic acids is 1. The van der Waals surface area contributed by atoms with E-state index < -0.39 is 5.82 Å².